The fourth-order valence-corrected chi connectivity index (χ4v) is 4.59. The van der Waals surface area contributed by atoms with Gasteiger partial charge in [0.05, 0.1) is 4.90 Å². The smallest absolute Gasteiger partial charge is 0.291 e. The maximum Gasteiger partial charge on any atom is 0.291 e. The summed E-state index contributed by atoms with van der Waals surface area (Å²) in [4.78, 5) is 12.6. The molecular weight excluding hydrogens is 362 g/mol. The summed E-state index contributed by atoms with van der Waals surface area (Å²) in [5, 5.41) is 2.81. The zero-order valence-corrected chi connectivity index (χ0v) is 15.5. The Kier molecular flexibility index (Phi) is 4.58. The molecule has 0 aliphatic heterocycles. The van der Waals surface area contributed by atoms with E-state index in [9.17, 15) is 13.2 Å². The normalized spacial score (nSPS) is 13.3. The summed E-state index contributed by atoms with van der Waals surface area (Å²) < 4.78 is 30.3. The Labute approximate surface area is 157 Å². The van der Waals surface area contributed by atoms with Crippen molar-refractivity contribution in [1.29, 1.82) is 0 Å². The number of carbonyl (C=O) groups excluding carboxylic acids is 1. The standard InChI is InChI=1S/C21H19NO4S/c23-21(22-17-10-9-15-5-4-6-16(15)13-17)20-12-11-18(26-20)14-27(24,25)19-7-2-1-3-8-19/h1-3,7-13H,4-6,14H2,(H,22,23). The summed E-state index contributed by atoms with van der Waals surface area (Å²) in [6.45, 7) is 0. The molecule has 3 aromatic rings. The number of hydrogen-bond donors (Lipinski definition) is 1. The van der Waals surface area contributed by atoms with Crippen LogP contribution in [0.3, 0.4) is 0 Å². The van der Waals surface area contributed by atoms with Gasteiger partial charge in [-0.15, -0.1) is 0 Å². The van der Waals surface area contributed by atoms with Gasteiger partial charge in [-0.05, 0) is 66.8 Å². The average molecular weight is 381 g/mol. The molecule has 0 atom stereocenters. The number of aryl methyl sites for hydroxylation is 2. The lowest BCUT2D eigenvalue weighted by Crippen LogP contribution is -2.11. The van der Waals surface area contributed by atoms with Crippen molar-refractivity contribution >= 4 is 21.4 Å². The molecule has 0 saturated carbocycles. The van der Waals surface area contributed by atoms with Crippen molar-refractivity contribution in [2.24, 2.45) is 0 Å². The second-order valence-electron chi connectivity index (χ2n) is 6.63. The van der Waals surface area contributed by atoms with Crippen molar-refractivity contribution < 1.29 is 17.6 Å². The fourth-order valence-electron chi connectivity index (χ4n) is 3.32. The largest absolute Gasteiger partial charge is 0.455 e. The first-order valence-corrected chi connectivity index (χ1v) is 10.5. The van der Waals surface area contributed by atoms with Gasteiger partial charge in [0.15, 0.2) is 15.6 Å². The van der Waals surface area contributed by atoms with E-state index < -0.39 is 15.7 Å². The molecule has 27 heavy (non-hydrogen) atoms. The van der Waals surface area contributed by atoms with E-state index in [4.69, 9.17) is 4.42 Å². The third-order valence-corrected chi connectivity index (χ3v) is 6.33. The number of sulfone groups is 1. The summed E-state index contributed by atoms with van der Waals surface area (Å²) in [6, 6.07) is 17.1. The number of rotatable bonds is 5. The molecule has 1 aliphatic rings. The van der Waals surface area contributed by atoms with Crippen LogP contribution in [0.4, 0.5) is 5.69 Å². The average Bonchev–Trinajstić information content (AvgIpc) is 3.31. The summed E-state index contributed by atoms with van der Waals surface area (Å²) in [6.07, 6.45) is 3.26. The van der Waals surface area contributed by atoms with Crippen molar-refractivity contribution in [2.75, 3.05) is 5.32 Å². The molecule has 2 aromatic carbocycles. The fraction of sp³-hybridized carbons (Fsp3) is 0.190. The van der Waals surface area contributed by atoms with Gasteiger partial charge < -0.3 is 9.73 Å². The highest BCUT2D eigenvalue weighted by Crippen LogP contribution is 2.25. The quantitative estimate of drug-likeness (QED) is 0.725. The molecule has 1 aliphatic carbocycles. The molecule has 0 saturated heterocycles. The van der Waals surface area contributed by atoms with Crippen LogP contribution in [-0.2, 0) is 28.4 Å². The van der Waals surface area contributed by atoms with Gasteiger partial charge in [0.1, 0.15) is 11.5 Å². The van der Waals surface area contributed by atoms with Gasteiger partial charge in [-0.2, -0.15) is 0 Å². The first kappa shape index (κ1) is 17.5. The molecule has 1 amide bonds. The number of hydrogen-bond acceptors (Lipinski definition) is 4. The molecule has 138 valence electrons. The van der Waals surface area contributed by atoms with E-state index in [1.54, 1.807) is 30.3 Å². The zero-order chi connectivity index (χ0) is 18.9. The van der Waals surface area contributed by atoms with Crippen molar-refractivity contribution in [3.05, 3.63) is 83.3 Å². The van der Waals surface area contributed by atoms with Crippen LogP contribution in [0.2, 0.25) is 0 Å². The van der Waals surface area contributed by atoms with Crippen LogP contribution in [0.1, 0.15) is 33.9 Å². The maximum atomic E-state index is 12.4. The minimum absolute atomic E-state index is 0.0914. The maximum absolute atomic E-state index is 12.4. The Balaban J connectivity index is 1.47. The Morgan fingerprint density at radius 2 is 1.74 bits per heavy atom. The van der Waals surface area contributed by atoms with Gasteiger partial charge in [0.2, 0.25) is 0 Å². The van der Waals surface area contributed by atoms with Gasteiger partial charge in [0.25, 0.3) is 5.91 Å². The lowest BCUT2D eigenvalue weighted by atomic mass is 10.1. The highest BCUT2D eigenvalue weighted by molar-refractivity contribution is 7.90. The van der Waals surface area contributed by atoms with Gasteiger partial charge in [-0.3, -0.25) is 4.79 Å². The van der Waals surface area contributed by atoms with E-state index >= 15 is 0 Å². The number of benzene rings is 2. The van der Waals surface area contributed by atoms with Crippen LogP contribution >= 0.6 is 0 Å². The van der Waals surface area contributed by atoms with Crippen molar-refractivity contribution in [3.8, 4) is 0 Å². The lowest BCUT2D eigenvalue weighted by Gasteiger charge is -2.06. The number of fused-ring (bicyclic) bond motifs is 1. The summed E-state index contributed by atoms with van der Waals surface area (Å²) in [7, 11) is -3.52. The molecular formula is C21H19NO4S. The van der Waals surface area contributed by atoms with E-state index in [-0.39, 0.29) is 22.2 Å². The Morgan fingerprint density at radius 1 is 0.963 bits per heavy atom. The summed E-state index contributed by atoms with van der Waals surface area (Å²) >= 11 is 0. The minimum atomic E-state index is -3.52. The van der Waals surface area contributed by atoms with Crippen LogP contribution in [-0.4, -0.2) is 14.3 Å². The van der Waals surface area contributed by atoms with Crippen LogP contribution in [0.25, 0.3) is 0 Å². The third-order valence-electron chi connectivity index (χ3n) is 4.68. The molecule has 6 heteroatoms. The van der Waals surface area contributed by atoms with Crippen LogP contribution in [0.15, 0.2) is 70.0 Å². The molecule has 5 nitrogen and oxygen atoms in total. The highest BCUT2D eigenvalue weighted by atomic mass is 32.2. The molecule has 1 aromatic heterocycles. The summed E-state index contributed by atoms with van der Waals surface area (Å²) in [5.74, 6) is -0.355. The second-order valence-corrected chi connectivity index (χ2v) is 8.62. The van der Waals surface area contributed by atoms with Gasteiger partial charge in [0, 0.05) is 5.69 Å². The van der Waals surface area contributed by atoms with E-state index in [1.807, 2.05) is 18.2 Å². The van der Waals surface area contributed by atoms with Crippen molar-refractivity contribution in [1.82, 2.24) is 0 Å². The molecule has 0 fully saturated rings. The predicted molar refractivity (Wildman–Crippen MR) is 102 cm³/mol. The van der Waals surface area contributed by atoms with E-state index in [1.165, 1.54) is 23.3 Å². The molecule has 1 heterocycles. The topological polar surface area (TPSA) is 76.4 Å². The number of furan rings is 1. The van der Waals surface area contributed by atoms with Gasteiger partial charge in [-0.1, -0.05) is 24.3 Å². The molecule has 4 rings (SSSR count). The Bertz CT molecular complexity index is 1080. The lowest BCUT2D eigenvalue weighted by molar-refractivity contribution is 0.0995. The van der Waals surface area contributed by atoms with Gasteiger partial charge in [-0.25, -0.2) is 8.42 Å². The molecule has 0 unspecified atom stereocenters. The third kappa shape index (κ3) is 3.80. The number of anilines is 1. The number of amides is 1. The van der Waals surface area contributed by atoms with Crippen LogP contribution in [0.5, 0.6) is 0 Å². The molecule has 1 N–H and O–H groups in total. The van der Waals surface area contributed by atoms with E-state index in [0.29, 0.717) is 0 Å². The monoisotopic (exact) mass is 381 g/mol. The first-order chi connectivity index (χ1) is 13.0. The Hall–Kier alpha value is -2.86. The number of nitrogens with one attached hydrogen (secondary N) is 1. The van der Waals surface area contributed by atoms with Crippen LogP contribution < -0.4 is 5.32 Å². The zero-order valence-electron chi connectivity index (χ0n) is 14.6. The van der Waals surface area contributed by atoms with E-state index in [0.717, 1.165) is 24.9 Å². The van der Waals surface area contributed by atoms with Crippen molar-refractivity contribution in [2.45, 2.75) is 29.9 Å². The Morgan fingerprint density at radius 3 is 2.56 bits per heavy atom. The summed E-state index contributed by atoms with van der Waals surface area (Å²) in [5.41, 5.74) is 3.32. The number of carbonyl (C=O) groups is 1. The molecule has 0 radical (unpaired) electrons. The van der Waals surface area contributed by atoms with Crippen molar-refractivity contribution in [3.63, 3.8) is 0 Å². The molecule has 0 spiro atoms. The SMILES string of the molecule is O=C(Nc1ccc2c(c1)CCC2)c1ccc(CS(=O)(=O)c2ccccc2)o1. The molecule has 0 bridgehead atoms. The highest BCUT2D eigenvalue weighted by Gasteiger charge is 2.19. The minimum Gasteiger partial charge on any atom is -0.455 e. The van der Waals surface area contributed by atoms with Crippen LogP contribution in [0, 0.1) is 0 Å². The second kappa shape index (κ2) is 7.04. The first-order valence-electron chi connectivity index (χ1n) is 8.81. The van der Waals surface area contributed by atoms with E-state index in [2.05, 4.69) is 5.32 Å². The predicted octanol–water partition coefficient (Wildman–Crippen LogP) is 3.99. The van der Waals surface area contributed by atoms with Gasteiger partial charge >= 0.3 is 0 Å².